The molecule has 0 aliphatic heterocycles. The molecule has 0 fully saturated rings. The molecule has 7 heavy (non-hydrogen) atoms. The first-order valence-electron chi connectivity index (χ1n) is 1.69. The first kappa shape index (κ1) is 5.02. The number of hydrogen-bond donors (Lipinski definition) is 0. The minimum absolute atomic E-state index is 0.00667. The van der Waals surface area contributed by atoms with Crippen molar-refractivity contribution in [3.05, 3.63) is 10.3 Å². The van der Waals surface area contributed by atoms with Crippen LogP contribution in [0.15, 0.2) is 10.8 Å². The topological polar surface area (TPSA) is 38.9 Å². The van der Waals surface area contributed by atoms with Gasteiger partial charge in [-0.05, 0) is 0 Å². The second-order valence-electron chi connectivity index (χ2n) is 0.881. The molecule has 0 N–H and O–H groups in total. The molecule has 0 atom stereocenters. The predicted molar refractivity (Wildman–Crippen MR) is 18.9 cm³/mol. The zero-order valence-corrected chi connectivity index (χ0v) is 5.92. The Bertz CT molecular complexity index is 127. The Hall–Kier alpha value is -0.130. The zero-order valence-electron chi connectivity index (χ0n) is 3.76. The first-order valence-corrected chi connectivity index (χ1v) is 4.92. The van der Waals surface area contributed by atoms with Crippen LogP contribution in [0, 0.1) is 3.90 Å². The third-order valence-electron chi connectivity index (χ3n) is 0.495. The maximum atomic E-state index is 4.81. The van der Waals surface area contributed by atoms with Crippen LogP contribution in [0.5, 0.6) is 0 Å². The van der Waals surface area contributed by atoms with Crippen LogP contribution < -0.4 is 21.2 Å². The summed E-state index contributed by atoms with van der Waals surface area (Å²) in [5.74, 6) is 0. The van der Waals surface area contributed by atoms with Gasteiger partial charge >= 0.3 is 51.0 Å². The molecule has 0 bridgehead atoms. The van der Waals surface area contributed by atoms with Crippen LogP contribution in [0.25, 0.3) is 0 Å². The molecule has 4 heteroatoms. The summed E-state index contributed by atoms with van der Waals surface area (Å²) < 4.78 is 5.61. The minimum atomic E-state index is 0.00667. The van der Waals surface area contributed by atoms with Gasteiger partial charge in [0.05, 0.1) is 0 Å². The van der Waals surface area contributed by atoms with E-state index in [9.17, 15) is 0 Å². The van der Waals surface area contributed by atoms with Gasteiger partial charge in [0.1, 0.15) is 0 Å². The molecule has 40 valence electrons. The molecule has 0 aliphatic rings. The Kier molecular flexibility index (Phi) is 1.61. The second kappa shape index (κ2) is 2.25. The third-order valence-corrected chi connectivity index (χ3v) is 1.89. The van der Waals surface area contributed by atoms with Gasteiger partial charge in [0, 0.05) is 0 Å². The molecule has 0 spiro atoms. The summed E-state index contributed by atoms with van der Waals surface area (Å²) in [6, 6.07) is 0. The van der Waals surface area contributed by atoms with Crippen LogP contribution in [0.2, 0.25) is 0 Å². The van der Waals surface area contributed by atoms with Crippen molar-refractivity contribution in [3.8, 4) is 0 Å². The zero-order chi connectivity index (χ0) is 5.11. The standard InChI is InChI=1S/C3H4IN2O/c1-4-3-6-5-2-7-3/h2H,1H3/q-1. The fourth-order valence-corrected chi connectivity index (χ4v) is 0.950. The van der Waals surface area contributed by atoms with E-state index in [1.54, 1.807) is 0 Å². The van der Waals surface area contributed by atoms with Gasteiger partial charge in [0.2, 0.25) is 0 Å². The molecule has 0 saturated heterocycles. The summed E-state index contributed by atoms with van der Waals surface area (Å²) in [5.41, 5.74) is 0. The Balaban J connectivity index is 2.76. The third kappa shape index (κ3) is 1.12. The van der Waals surface area contributed by atoms with Gasteiger partial charge in [-0.3, -0.25) is 0 Å². The van der Waals surface area contributed by atoms with Crippen LogP contribution in [-0.4, -0.2) is 15.1 Å². The Morgan fingerprint density at radius 1 is 1.86 bits per heavy atom. The number of hydrogen-bond acceptors (Lipinski definition) is 3. The van der Waals surface area contributed by atoms with Gasteiger partial charge in [-0.15, -0.1) is 0 Å². The quantitative estimate of drug-likeness (QED) is 0.366. The molecule has 0 unspecified atom stereocenters. The number of aromatic nitrogens is 2. The number of alkyl halides is 1. The van der Waals surface area contributed by atoms with Crippen molar-refractivity contribution in [1.29, 1.82) is 0 Å². The SMILES string of the molecule is C[I-]c1nnco1. The summed E-state index contributed by atoms with van der Waals surface area (Å²) in [6.45, 7) is 0. The van der Waals surface area contributed by atoms with E-state index in [2.05, 4.69) is 15.1 Å². The molecular weight excluding hydrogens is 207 g/mol. The van der Waals surface area contributed by atoms with Gasteiger partial charge < -0.3 is 0 Å². The summed E-state index contributed by atoms with van der Waals surface area (Å²) in [6.07, 6.45) is 1.36. The van der Waals surface area contributed by atoms with Gasteiger partial charge in [-0.25, -0.2) is 0 Å². The fraction of sp³-hybridized carbons (Fsp3) is 0.333. The summed E-state index contributed by atoms with van der Waals surface area (Å²) in [5, 5.41) is 7.17. The molecule has 1 heterocycles. The van der Waals surface area contributed by atoms with Gasteiger partial charge in [0.25, 0.3) is 0 Å². The van der Waals surface area contributed by atoms with E-state index in [1.165, 1.54) is 6.39 Å². The molecule has 0 aromatic carbocycles. The average Bonchev–Trinajstić information content (AvgIpc) is 2.14. The maximum absolute atomic E-state index is 4.81. The van der Waals surface area contributed by atoms with Gasteiger partial charge in [-0.1, -0.05) is 0 Å². The normalized spacial score (nSPS) is 9.86. The van der Waals surface area contributed by atoms with Crippen molar-refractivity contribution in [3.63, 3.8) is 0 Å². The molecule has 1 aromatic rings. The molecule has 1 aromatic heterocycles. The van der Waals surface area contributed by atoms with Crippen molar-refractivity contribution in [2.75, 3.05) is 4.93 Å². The molecule has 0 saturated carbocycles. The fourth-order valence-electron chi connectivity index (χ4n) is 0.242. The summed E-state index contributed by atoms with van der Waals surface area (Å²) in [7, 11) is 0. The van der Waals surface area contributed by atoms with Gasteiger partial charge in [-0.2, -0.15) is 0 Å². The van der Waals surface area contributed by atoms with Crippen molar-refractivity contribution in [1.82, 2.24) is 10.2 Å². The average molecular weight is 211 g/mol. The van der Waals surface area contributed by atoms with Crippen LogP contribution in [-0.2, 0) is 0 Å². The van der Waals surface area contributed by atoms with E-state index < -0.39 is 0 Å². The van der Waals surface area contributed by atoms with Gasteiger partial charge in [0.15, 0.2) is 0 Å². The monoisotopic (exact) mass is 211 g/mol. The predicted octanol–water partition coefficient (Wildman–Crippen LogP) is -3.04. The van der Waals surface area contributed by atoms with Crippen molar-refractivity contribution >= 4 is 0 Å². The molecule has 3 nitrogen and oxygen atoms in total. The van der Waals surface area contributed by atoms with E-state index in [-0.39, 0.29) is 21.2 Å². The Morgan fingerprint density at radius 3 is 3.00 bits per heavy atom. The number of nitrogens with zero attached hydrogens (tertiary/aromatic N) is 2. The van der Waals surface area contributed by atoms with Crippen LogP contribution in [0.4, 0.5) is 0 Å². The van der Waals surface area contributed by atoms with Crippen molar-refractivity contribution in [2.45, 2.75) is 0 Å². The van der Waals surface area contributed by atoms with E-state index >= 15 is 0 Å². The number of halogens is 1. The van der Waals surface area contributed by atoms with E-state index in [0.29, 0.717) is 0 Å². The Labute approximate surface area is 51.4 Å². The van der Waals surface area contributed by atoms with Crippen molar-refractivity contribution < 1.29 is 25.6 Å². The molecule has 1 rings (SSSR count). The van der Waals surface area contributed by atoms with Crippen LogP contribution in [0.1, 0.15) is 0 Å². The second-order valence-corrected chi connectivity index (χ2v) is 2.88. The molecular formula is C3H4IN2O-. The van der Waals surface area contributed by atoms with Crippen molar-refractivity contribution in [2.24, 2.45) is 0 Å². The number of rotatable bonds is 1. The van der Waals surface area contributed by atoms with Crippen LogP contribution >= 0.6 is 0 Å². The summed E-state index contributed by atoms with van der Waals surface area (Å²) in [4.78, 5) is 2.08. The van der Waals surface area contributed by atoms with E-state index in [0.717, 1.165) is 3.90 Å². The molecule has 0 radical (unpaired) electrons. The van der Waals surface area contributed by atoms with E-state index in [4.69, 9.17) is 4.42 Å². The molecule has 0 aliphatic carbocycles. The first-order chi connectivity index (χ1) is 3.43. The van der Waals surface area contributed by atoms with E-state index in [1.807, 2.05) is 0 Å². The molecule has 0 amide bonds. The Morgan fingerprint density at radius 2 is 2.71 bits per heavy atom. The summed E-state index contributed by atoms with van der Waals surface area (Å²) >= 11 is 0.00667. The van der Waals surface area contributed by atoms with Crippen LogP contribution in [0.3, 0.4) is 0 Å².